The number of aromatic nitrogens is 3. The minimum atomic E-state index is -0.0170. The van der Waals surface area contributed by atoms with E-state index in [2.05, 4.69) is 28.3 Å². The van der Waals surface area contributed by atoms with E-state index < -0.39 is 0 Å². The summed E-state index contributed by atoms with van der Waals surface area (Å²) in [4.78, 5) is 19.1. The van der Waals surface area contributed by atoms with Crippen molar-refractivity contribution in [3.63, 3.8) is 0 Å². The molecule has 0 saturated carbocycles. The molecule has 2 aromatic heterocycles. The van der Waals surface area contributed by atoms with Gasteiger partial charge in [0.25, 0.3) is 5.91 Å². The van der Waals surface area contributed by atoms with Crippen molar-refractivity contribution >= 4 is 11.6 Å². The van der Waals surface area contributed by atoms with Crippen LogP contribution in [-0.4, -0.2) is 39.0 Å². The molecule has 0 atom stereocenters. The van der Waals surface area contributed by atoms with Gasteiger partial charge in [-0.15, -0.1) is 5.10 Å². The smallest absolute Gasteiger partial charge is 0.254 e. The summed E-state index contributed by atoms with van der Waals surface area (Å²) in [7, 11) is 1.83. The Hall–Kier alpha value is -3.21. The molecular formula is C23H26N4O. The molecule has 0 unspecified atom stereocenters. The van der Waals surface area contributed by atoms with Crippen molar-refractivity contribution in [1.82, 2.24) is 19.5 Å². The molecule has 4 rings (SSSR count). The van der Waals surface area contributed by atoms with Crippen molar-refractivity contribution in [2.24, 2.45) is 0 Å². The van der Waals surface area contributed by atoms with E-state index in [0.717, 1.165) is 18.4 Å². The summed E-state index contributed by atoms with van der Waals surface area (Å²) < 4.78 is 1.70. The fourth-order valence-electron chi connectivity index (χ4n) is 3.08. The average Bonchev–Trinajstić information content (AvgIpc) is 3.19. The summed E-state index contributed by atoms with van der Waals surface area (Å²) >= 11 is 0. The van der Waals surface area contributed by atoms with Gasteiger partial charge in [0.05, 0.1) is 0 Å². The van der Waals surface area contributed by atoms with Gasteiger partial charge in [0.15, 0.2) is 11.5 Å². The molecule has 0 bridgehead atoms. The quantitative estimate of drug-likeness (QED) is 0.661. The van der Waals surface area contributed by atoms with Crippen LogP contribution in [0.1, 0.15) is 37.0 Å². The summed E-state index contributed by atoms with van der Waals surface area (Å²) in [5.41, 5.74) is 3.42. The molecular weight excluding hydrogens is 348 g/mol. The molecule has 1 aromatic carbocycles. The zero-order valence-corrected chi connectivity index (χ0v) is 16.7. The highest BCUT2D eigenvalue weighted by Crippen LogP contribution is 2.17. The minimum Gasteiger partial charge on any atom is -0.337 e. The highest BCUT2D eigenvalue weighted by molar-refractivity contribution is 5.95. The molecule has 0 N–H and O–H groups in total. The highest BCUT2D eigenvalue weighted by Gasteiger charge is 2.15. The Kier molecular flexibility index (Phi) is 6.37. The van der Waals surface area contributed by atoms with E-state index in [4.69, 9.17) is 0 Å². The number of likely N-dealkylation sites (N-methyl/N-ethyl adjacent to an activating group) is 1. The van der Waals surface area contributed by atoms with Gasteiger partial charge in [-0.3, -0.25) is 4.79 Å². The topological polar surface area (TPSA) is 50.5 Å². The predicted molar refractivity (Wildman–Crippen MR) is 113 cm³/mol. The number of carbonyl (C=O) groups excluding carboxylic acids is 1. The Labute approximate surface area is 166 Å². The third-order valence-electron chi connectivity index (χ3n) is 4.45. The highest BCUT2D eigenvalue weighted by atomic mass is 16.2. The first kappa shape index (κ1) is 19.5. The molecule has 28 heavy (non-hydrogen) atoms. The van der Waals surface area contributed by atoms with E-state index in [1.807, 2.05) is 51.2 Å². The van der Waals surface area contributed by atoms with Gasteiger partial charge in [0, 0.05) is 30.9 Å². The molecule has 1 aliphatic rings. The van der Waals surface area contributed by atoms with Crippen molar-refractivity contribution in [2.45, 2.75) is 26.7 Å². The Morgan fingerprint density at radius 1 is 1.14 bits per heavy atom. The molecule has 2 heterocycles. The maximum Gasteiger partial charge on any atom is 0.254 e. The number of nitrogens with zero attached hydrogens (tertiary/aromatic N) is 4. The second-order valence-corrected chi connectivity index (χ2v) is 6.44. The zero-order chi connectivity index (χ0) is 19.9. The van der Waals surface area contributed by atoms with Gasteiger partial charge in [0.1, 0.15) is 0 Å². The second kappa shape index (κ2) is 9.13. The molecule has 5 nitrogen and oxygen atoms in total. The van der Waals surface area contributed by atoms with Crippen molar-refractivity contribution in [3.8, 4) is 11.4 Å². The van der Waals surface area contributed by atoms with Crippen LogP contribution >= 0.6 is 0 Å². The monoisotopic (exact) mass is 374 g/mol. The molecule has 144 valence electrons. The molecule has 0 aliphatic heterocycles. The molecule has 0 radical (unpaired) electrons. The van der Waals surface area contributed by atoms with E-state index in [-0.39, 0.29) is 5.91 Å². The first-order valence-corrected chi connectivity index (χ1v) is 9.73. The van der Waals surface area contributed by atoms with Crippen molar-refractivity contribution in [2.75, 3.05) is 13.6 Å². The van der Waals surface area contributed by atoms with Gasteiger partial charge in [-0.2, -0.15) is 0 Å². The molecule has 0 fully saturated rings. The van der Waals surface area contributed by atoms with Crippen LogP contribution in [0, 0.1) is 0 Å². The Morgan fingerprint density at radius 3 is 2.64 bits per heavy atom. The van der Waals surface area contributed by atoms with Crippen molar-refractivity contribution < 1.29 is 4.79 Å². The third-order valence-corrected chi connectivity index (χ3v) is 4.45. The molecule has 0 spiro atoms. The van der Waals surface area contributed by atoms with Crippen molar-refractivity contribution in [1.29, 1.82) is 0 Å². The number of amides is 1. The van der Waals surface area contributed by atoms with Crippen LogP contribution < -0.4 is 0 Å². The Morgan fingerprint density at radius 2 is 1.93 bits per heavy atom. The Balaban J connectivity index is 0.00000109. The van der Waals surface area contributed by atoms with E-state index >= 15 is 0 Å². The Bertz CT molecular complexity index is 1000. The number of hydrogen-bond donors (Lipinski definition) is 0. The number of carbonyl (C=O) groups is 1. The van der Waals surface area contributed by atoms with Crippen LogP contribution in [0.3, 0.4) is 0 Å². The largest absolute Gasteiger partial charge is 0.337 e. The van der Waals surface area contributed by atoms with Gasteiger partial charge in [-0.25, -0.2) is 9.50 Å². The standard InChI is InChI=1S/C21H20N4O.C2H6/c1-24(15-16-8-4-2-5-9-16)21(26)18-12-13-25-19(14-18)22-20(23-25)17-10-6-3-7-11-17;1-2/h3-4,6-14H,2,5,15H2,1H3;1-2H3. The number of allylic oxidation sites excluding steroid dienone is 2. The van der Waals surface area contributed by atoms with Gasteiger partial charge in [0.2, 0.25) is 0 Å². The van der Waals surface area contributed by atoms with Gasteiger partial charge in [-0.05, 0) is 30.5 Å². The van der Waals surface area contributed by atoms with Crippen LogP contribution in [0.4, 0.5) is 0 Å². The molecule has 1 aliphatic carbocycles. The van der Waals surface area contributed by atoms with Crippen LogP contribution in [0.25, 0.3) is 17.0 Å². The SMILES string of the molecule is CC.CN(CC1=CCCC=C1)C(=O)c1ccn2nc(-c3ccccc3)nc2c1. The van der Waals surface area contributed by atoms with Crippen LogP contribution in [0.2, 0.25) is 0 Å². The van der Waals surface area contributed by atoms with E-state index in [0.29, 0.717) is 23.6 Å². The number of fused-ring (bicyclic) bond motifs is 1. The summed E-state index contributed by atoms with van der Waals surface area (Å²) in [6, 6.07) is 13.4. The fourth-order valence-corrected chi connectivity index (χ4v) is 3.08. The summed E-state index contributed by atoms with van der Waals surface area (Å²) in [6.45, 7) is 4.61. The lowest BCUT2D eigenvalue weighted by molar-refractivity contribution is 0.0807. The first-order valence-electron chi connectivity index (χ1n) is 9.73. The van der Waals surface area contributed by atoms with Gasteiger partial charge >= 0.3 is 0 Å². The average molecular weight is 374 g/mol. The molecule has 1 amide bonds. The van der Waals surface area contributed by atoms with E-state index in [1.165, 1.54) is 5.57 Å². The van der Waals surface area contributed by atoms with E-state index in [9.17, 15) is 4.79 Å². The maximum absolute atomic E-state index is 12.8. The summed E-state index contributed by atoms with van der Waals surface area (Å²) in [6.07, 6.45) is 10.4. The second-order valence-electron chi connectivity index (χ2n) is 6.44. The molecule has 0 saturated heterocycles. The summed E-state index contributed by atoms with van der Waals surface area (Å²) in [5, 5.41) is 4.48. The summed E-state index contributed by atoms with van der Waals surface area (Å²) in [5.74, 6) is 0.637. The van der Waals surface area contributed by atoms with Gasteiger partial charge < -0.3 is 4.90 Å². The number of pyridine rings is 1. The lowest BCUT2D eigenvalue weighted by Crippen LogP contribution is -2.28. The minimum absolute atomic E-state index is 0.0170. The maximum atomic E-state index is 12.8. The molecule has 3 aromatic rings. The van der Waals surface area contributed by atoms with Crippen LogP contribution in [-0.2, 0) is 0 Å². The predicted octanol–water partition coefficient (Wildman–Crippen LogP) is 4.77. The lowest BCUT2D eigenvalue weighted by atomic mass is 10.1. The van der Waals surface area contributed by atoms with Gasteiger partial charge in [-0.1, -0.05) is 62.4 Å². The number of hydrogen-bond acceptors (Lipinski definition) is 3. The fraction of sp³-hybridized carbons (Fsp3) is 0.261. The van der Waals surface area contributed by atoms with Crippen molar-refractivity contribution in [3.05, 3.63) is 78.0 Å². The zero-order valence-electron chi connectivity index (χ0n) is 16.7. The van der Waals surface area contributed by atoms with E-state index in [1.54, 1.807) is 27.7 Å². The lowest BCUT2D eigenvalue weighted by Gasteiger charge is -2.19. The first-order chi connectivity index (χ1) is 13.7. The third kappa shape index (κ3) is 4.36. The normalized spacial score (nSPS) is 12.9. The van der Waals surface area contributed by atoms with Crippen LogP contribution in [0.5, 0.6) is 0 Å². The molecule has 5 heteroatoms. The number of rotatable bonds is 4. The van der Waals surface area contributed by atoms with Crippen LogP contribution in [0.15, 0.2) is 72.5 Å². The number of benzene rings is 1.